The van der Waals surface area contributed by atoms with Crippen LogP contribution in [0.1, 0.15) is 46.5 Å². The predicted octanol–water partition coefficient (Wildman–Crippen LogP) is 2.04. The van der Waals surface area contributed by atoms with Crippen molar-refractivity contribution in [2.45, 2.75) is 58.6 Å². The van der Waals surface area contributed by atoms with Crippen LogP contribution in [-0.4, -0.2) is 49.7 Å². The minimum atomic E-state index is 0.0687. The van der Waals surface area contributed by atoms with Gasteiger partial charge in [-0.15, -0.1) is 0 Å². The van der Waals surface area contributed by atoms with E-state index in [0.717, 1.165) is 32.5 Å². The van der Waals surface area contributed by atoms with E-state index >= 15 is 0 Å². The molecular weight excluding hydrogens is 252 g/mol. The Balaban J connectivity index is 1.83. The SMILES string of the molecule is CN1CCCCC1C(=O)NC[C@H]1CCO[C@@H]1C(C)(C)C. The molecule has 2 aliphatic rings. The van der Waals surface area contributed by atoms with Crippen LogP contribution >= 0.6 is 0 Å². The number of ether oxygens (including phenoxy) is 1. The molecule has 0 aliphatic carbocycles. The molecule has 20 heavy (non-hydrogen) atoms. The summed E-state index contributed by atoms with van der Waals surface area (Å²) in [6.45, 7) is 9.26. The van der Waals surface area contributed by atoms with Crippen LogP contribution < -0.4 is 5.32 Å². The summed E-state index contributed by atoms with van der Waals surface area (Å²) in [6, 6.07) is 0.0687. The largest absolute Gasteiger partial charge is 0.377 e. The lowest BCUT2D eigenvalue weighted by atomic mass is 9.81. The van der Waals surface area contributed by atoms with Gasteiger partial charge in [0.05, 0.1) is 12.1 Å². The fourth-order valence-electron chi connectivity index (χ4n) is 3.56. The summed E-state index contributed by atoms with van der Waals surface area (Å²) in [7, 11) is 2.06. The van der Waals surface area contributed by atoms with Crippen molar-refractivity contribution < 1.29 is 9.53 Å². The molecule has 0 aromatic heterocycles. The first-order chi connectivity index (χ1) is 9.39. The van der Waals surface area contributed by atoms with E-state index in [-0.39, 0.29) is 23.5 Å². The average Bonchev–Trinajstić information content (AvgIpc) is 2.84. The van der Waals surface area contributed by atoms with Crippen molar-refractivity contribution in [1.29, 1.82) is 0 Å². The molecule has 2 heterocycles. The molecule has 0 bridgehead atoms. The number of hydrogen-bond donors (Lipinski definition) is 1. The van der Waals surface area contributed by atoms with Crippen LogP contribution in [-0.2, 0) is 9.53 Å². The number of likely N-dealkylation sites (tertiary alicyclic amines) is 1. The van der Waals surface area contributed by atoms with E-state index < -0.39 is 0 Å². The number of piperidine rings is 1. The maximum atomic E-state index is 12.3. The number of carbonyl (C=O) groups is 1. The average molecular weight is 282 g/mol. The molecule has 3 atom stereocenters. The molecular formula is C16H30N2O2. The van der Waals surface area contributed by atoms with Gasteiger partial charge in [-0.3, -0.25) is 9.69 Å². The highest BCUT2D eigenvalue weighted by Crippen LogP contribution is 2.34. The molecule has 2 saturated heterocycles. The third kappa shape index (κ3) is 3.73. The van der Waals surface area contributed by atoms with Gasteiger partial charge in [-0.25, -0.2) is 0 Å². The van der Waals surface area contributed by atoms with E-state index in [1.807, 2.05) is 0 Å². The number of likely N-dealkylation sites (N-methyl/N-ethyl adjacent to an activating group) is 1. The van der Waals surface area contributed by atoms with E-state index in [9.17, 15) is 4.79 Å². The van der Waals surface area contributed by atoms with Gasteiger partial charge in [0.2, 0.25) is 5.91 Å². The standard InChI is InChI=1S/C16H30N2O2/c1-16(2,3)14-12(8-10-20-14)11-17-15(19)13-7-5-6-9-18(13)4/h12-14H,5-11H2,1-4H3,(H,17,19)/t12-,13?,14+/m1/s1. The highest BCUT2D eigenvalue weighted by Gasteiger charge is 2.37. The van der Waals surface area contributed by atoms with E-state index in [1.54, 1.807) is 0 Å². The van der Waals surface area contributed by atoms with Gasteiger partial charge in [-0.2, -0.15) is 0 Å². The normalized spacial score (nSPS) is 32.3. The minimum Gasteiger partial charge on any atom is -0.377 e. The second kappa shape index (κ2) is 6.44. The summed E-state index contributed by atoms with van der Waals surface area (Å²) in [5.74, 6) is 0.652. The Morgan fingerprint density at radius 2 is 2.05 bits per heavy atom. The quantitative estimate of drug-likeness (QED) is 0.861. The Morgan fingerprint density at radius 1 is 1.30 bits per heavy atom. The number of nitrogens with zero attached hydrogens (tertiary/aromatic N) is 1. The third-order valence-corrected chi connectivity index (χ3v) is 4.68. The number of hydrogen-bond acceptors (Lipinski definition) is 3. The summed E-state index contributed by atoms with van der Waals surface area (Å²) in [4.78, 5) is 14.5. The van der Waals surface area contributed by atoms with Crippen molar-refractivity contribution in [2.75, 3.05) is 26.7 Å². The van der Waals surface area contributed by atoms with Gasteiger partial charge < -0.3 is 10.1 Å². The van der Waals surface area contributed by atoms with Crippen LogP contribution in [0.15, 0.2) is 0 Å². The molecule has 2 rings (SSSR count). The van der Waals surface area contributed by atoms with Gasteiger partial charge in [0, 0.05) is 19.1 Å². The van der Waals surface area contributed by atoms with Crippen LogP contribution in [0.2, 0.25) is 0 Å². The molecule has 2 fully saturated rings. The molecule has 0 aromatic rings. The molecule has 4 nitrogen and oxygen atoms in total. The molecule has 116 valence electrons. The Bertz CT molecular complexity index is 338. The van der Waals surface area contributed by atoms with Crippen molar-refractivity contribution in [2.24, 2.45) is 11.3 Å². The van der Waals surface area contributed by atoms with Crippen LogP contribution in [0.4, 0.5) is 0 Å². The monoisotopic (exact) mass is 282 g/mol. The fraction of sp³-hybridized carbons (Fsp3) is 0.938. The molecule has 4 heteroatoms. The van der Waals surface area contributed by atoms with E-state index in [0.29, 0.717) is 5.92 Å². The summed E-state index contributed by atoms with van der Waals surface area (Å²) in [5, 5.41) is 3.17. The van der Waals surface area contributed by atoms with Gasteiger partial charge in [-0.05, 0) is 38.3 Å². The van der Waals surface area contributed by atoms with Crippen molar-refractivity contribution >= 4 is 5.91 Å². The van der Waals surface area contributed by atoms with Gasteiger partial charge >= 0.3 is 0 Å². The Morgan fingerprint density at radius 3 is 2.70 bits per heavy atom. The lowest BCUT2D eigenvalue weighted by molar-refractivity contribution is -0.127. The predicted molar refractivity (Wildman–Crippen MR) is 80.6 cm³/mol. The summed E-state index contributed by atoms with van der Waals surface area (Å²) >= 11 is 0. The zero-order valence-electron chi connectivity index (χ0n) is 13.4. The maximum Gasteiger partial charge on any atom is 0.237 e. The third-order valence-electron chi connectivity index (χ3n) is 4.68. The van der Waals surface area contributed by atoms with Gasteiger partial charge in [0.1, 0.15) is 0 Å². The van der Waals surface area contributed by atoms with Crippen LogP contribution in [0, 0.1) is 11.3 Å². The highest BCUT2D eigenvalue weighted by atomic mass is 16.5. The summed E-state index contributed by atoms with van der Waals surface area (Å²) in [5.41, 5.74) is 0.146. The van der Waals surface area contributed by atoms with E-state index in [4.69, 9.17) is 4.74 Å². The van der Waals surface area contributed by atoms with E-state index in [1.165, 1.54) is 12.8 Å². The zero-order chi connectivity index (χ0) is 14.8. The fourth-order valence-corrected chi connectivity index (χ4v) is 3.56. The van der Waals surface area contributed by atoms with Gasteiger partial charge in [0.25, 0.3) is 0 Å². The Hall–Kier alpha value is -0.610. The molecule has 0 spiro atoms. The number of carbonyl (C=O) groups excluding carboxylic acids is 1. The maximum absolute atomic E-state index is 12.3. The van der Waals surface area contributed by atoms with E-state index in [2.05, 4.69) is 38.0 Å². The topological polar surface area (TPSA) is 41.6 Å². The summed E-state index contributed by atoms with van der Waals surface area (Å²) < 4.78 is 5.87. The Labute approximate surface area is 123 Å². The van der Waals surface area contributed by atoms with Crippen molar-refractivity contribution in [3.8, 4) is 0 Å². The number of nitrogens with one attached hydrogen (secondary N) is 1. The van der Waals surface area contributed by atoms with Gasteiger partial charge in [0.15, 0.2) is 0 Å². The van der Waals surface area contributed by atoms with Crippen LogP contribution in [0.3, 0.4) is 0 Å². The van der Waals surface area contributed by atoms with Crippen molar-refractivity contribution in [3.05, 3.63) is 0 Å². The van der Waals surface area contributed by atoms with Gasteiger partial charge in [-0.1, -0.05) is 27.2 Å². The lowest BCUT2D eigenvalue weighted by Crippen LogP contribution is -2.49. The first kappa shape index (κ1) is 15.8. The lowest BCUT2D eigenvalue weighted by Gasteiger charge is -2.33. The van der Waals surface area contributed by atoms with Crippen molar-refractivity contribution in [1.82, 2.24) is 10.2 Å². The molecule has 1 amide bonds. The first-order valence-corrected chi connectivity index (χ1v) is 7.99. The molecule has 1 unspecified atom stereocenters. The molecule has 0 aromatic carbocycles. The second-order valence-corrected chi connectivity index (χ2v) is 7.44. The first-order valence-electron chi connectivity index (χ1n) is 7.99. The van der Waals surface area contributed by atoms with Crippen LogP contribution in [0.25, 0.3) is 0 Å². The molecule has 2 aliphatic heterocycles. The molecule has 0 saturated carbocycles. The smallest absolute Gasteiger partial charge is 0.237 e. The number of rotatable bonds is 3. The minimum absolute atomic E-state index is 0.0687. The second-order valence-electron chi connectivity index (χ2n) is 7.44. The Kier molecular flexibility index (Phi) is 5.08. The highest BCUT2D eigenvalue weighted by molar-refractivity contribution is 5.81. The zero-order valence-corrected chi connectivity index (χ0v) is 13.4. The van der Waals surface area contributed by atoms with Crippen LogP contribution in [0.5, 0.6) is 0 Å². The number of amides is 1. The molecule has 1 N–H and O–H groups in total. The molecule has 0 radical (unpaired) electrons. The summed E-state index contributed by atoms with van der Waals surface area (Å²) in [6.07, 6.45) is 4.68. The van der Waals surface area contributed by atoms with Crippen molar-refractivity contribution in [3.63, 3.8) is 0 Å².